The summed E-state index contributed by atoms with van der Waals surface area (Å²) in [5, 5.41) is 3.34. The predicted octanol–water partition coefficient (Wildman–Crippen LogP) is 3.75. The molecule has 3 rings (SSSR count). The van der Waals surface area contributed by atoms with Crippen LogP contribution in [0.15, 0.2) is 54.2 Å². The zero-order chi connectivity index (χ0) is 18.5. The number of benzene rings is 2. The smallest absolute Gasteiger partial charge is 0.281 e. The SMILES string of the molecule is CCOc1ccc(N2C(=O)/C(=C/c3ccccc3OCC)NC2=S)cc1. The molecule has 1 fully saturated rings. The van der Waals surface area contributed by atoms with Crippen LogP contribution >= 0.6 is 12.2 Å². The number of hydrogen-bond donors (Lipinski definition) is 1. The van der Waals surface area contributed by atoms with Crippen molar-refractivity contribution >= 4 is 35.0 Å². The zero-order valence-corrected chi connectivity index (χ0v) is 15.5. The molecule has 1 saturated heterocycles. The number of nitrogens with one attached hydrogen (secondary N) is 1. The van der Waals surface area contributed by atoms with E-state index < -0.39 is 0 Å². The second kappa shape index (κ2) is 8.01. The molecule has 134 valence electrons. The summed E-state index contributed by atoms with van der Waals surface area (Å²) in [6, 6.07) is 14.8. The van der Waals surface area contributed by atoms with Gasteiger partial charge in [-0.15, -0.1) is 0 Å². The number of amides is 1. The van der Waals surface area contributed by atoms with Gasteiger partial charge in [-0.05, 0) is 62.5 Å². The van der Waals surface area contributed by atoms with Crippen LogP contribution in [0.25, 0.3) is 6.08 Å². The molecule has 0 saturated carbocycles. The molecule has 26 heavy (non-hydrogen) atoms. The number of carbonyl (C=O) groups excluding carboxylic acids is 1. The van der Waals surface area contributed by atoms with Crippen LogP contribution in [0.2, 0.25) is 0 Å². The molecule has 0 unspecified atom stereocenters. The first-order chi connectivity index (χ1) is 12.6. The first kappa shape index (κ1) is 17.9. The van der Waals surface area contributed by atoms with E-state index in [1.807, 2.05) is 62.4 Å². The summed E-state index contributed by atoms with van der Waals surface area (Å²) >= 11 is 5.35. The fourth-order valence-corrected chi connectivity index (χ4v) is 2.97. The van der Waals surface area contributed by atoms with Crippen molar-refractivity contribution in [1.29, 1.82) is 0 Å². The molecule has 2 aromatic carbocycles. The Balaban J connectivity index is 1.87. The lowest BCUT2D eigenvalue weighted by molar-refractivity contribution is -0.113. The molecule has 0 aromatic heterocycles. The molecule has 0 aliphatic carbocycles. The minimum absolute atomic E-state index is 0.203. The quantitative estimate of drug-likeness (QED) is 0.622. The lowest BCUT2D eigenvalue weighted by Gasteiger charge is -2.14. The van der Waals surface area contributed by atoms with Gasteiger partial charge in [-0.3, -0.25) is 9.69 Å². The standard InChI is InChI=1S/C20H20N2O3S/c1-3-24-16-11-9-15(10-12-16)22-19(23)17(21-20(22)26)13-14-7-5-6-8-18(14)25-4-2/h5-13H,3-4H2,1-2H3,(H,21,26)/b17-13-. The molecule has 0 spiro atoms. The molecule has 0 bridgehead atoms. The molecule has 1 N–H and O–H groups in total. The molecule has 1 heterocycles. The third-order valence-corrected chi connectivity index (χ3v) is 4.09. The molecular formula is C20H20N2O3S. The topological polar surface area (TPSA) is 50.8 Å². The number of ether oxygens (including phenoxy) is 2. The lowest BCUT2D eigenvalue weighted by atomic mass is 10.1. The van der Waals surface area contributed by atoms with Crippen LogP contribution < -0.4 is 19.7 Å². The normalized spacial score (nSPS) is 15.3. The fourth-order valence-electron chi connectivity index (χ4n) is 2.67. The van der Waals surface area contributed by atoms with Gasteiger partial charge in [0.05, 0.1) is 18.9 Å². The number of para-hydroxylation sites is 1. The first-order valence-corrected chi connectivity index (χ1v) is 8.86. The van der Waals surface area contributed by atoms with Crippen LogP contribution in [-0.2, 0) is 4.79 Å². The Kier molecular flexibility index (Phi) is 5.53. The Bertz CT molecular complexity index is 846. The fraction of sp³-hybridized carbons (Fsp3) is 0.200. The lowest BCUT2D eigenvalue weighted by Crippen LogP contribution is -2.30. The number of thiocarbonyl (C=S) groups is 1. The molecular weight excluding hydrogens is 348 g/mol. The van der Waals surface area contributed by atoms with Crippen LogP contribution in [0.1, 0.15) is 19.4 Å². The van der Waals surface area contributed by atoms with Gasteiger partial charge in [0.25, 0.3) is 5.91 Å². The van der Waals surface area contributed by atoms with Crippen molar-refractivity contribution in [3.05, 3.63) is 59.8 Å². The third-order valence-electron chi connectivity index (χ3n) is 3.80. The largest absolute Gasteiger partial charge is 0.494 e. The number of carbonyl (C=O) groups is 1. The van der Waals surface area contributed by atoms with Gasteiger partial charge in [0, 0.05) is 5.56 Å². The van der Waals surface area contributed by atoms with Crippen LogP contribution in [0.3, 0.4) is 0 Å². The highest BCUT2D eigenvalue weighted by Crippen LogP contribution is 2.27. The summed E-state index contributed by atoms with van der Waals surface area (Å²) in [5.74, 6) is 1.27. The van der Waals surface area contributed by atoms with E-state index in [0.29, 0.717) is 29.7 Å². The molecule has 2 aromatic rings. The van der Waals surface area contributed by atoms with Crippen molar-refractivity contribution in [3.8, 4) is 11.5 Å². The van der Waals surface area contributed by atoms with Crippen molar-refractivity contribution < 1.29 is 14.3 Å². The van der Waals surface area contributed by atoms with Gasteiger partial charge in [0.15, 0.2) is 5.11 Å². The van der Waals surface area contributed by atoms with E-state index in [4.69, 9.17) is 21.7 Å². The molecule has 0 atom stereocenters. The number of rotatable bonds is 6. The molecule has 1 aliphatic heterocycles. The summed E-state index contributed by atoms with van der Waals surface area (Å²) in [5.41, 5.74) is 1.93. The summed E-state index contributed by atoms with van der Waals surface area (Å²) in [6.07, 6.45) is 1.76. The van der Waals surface area contributed by atoms with Crippen LogP contribution in [0, 0.1) is 0 Å². The molecule has 0 radical (unpaired) electrons. The molecule has 6 heteroatoms. The van der Waals surface area contributed by atoms with E-state index in [0.717, 1.165) is 17.1 Å². The van der Waals surface area contributed by atoms with Gasteiger partial charge < -0.3 is 14.8 Å². The summed E-state index contributed by atoms with van der Waals surface area (Å²) < 4.78 is 11.0. The highest BCUT2D eigenvalue weighted by atomic mass is 32.1. The zero-order valence-electron chi connectivity index (χ0n) is 14.7. The second-order valence-electron chi connectivity index (χ2n) is 5.53. The molecule has 1 aliphatic rings. The summed E-state index contributed by atoms with van der Waals surface area (Å²) in [7, 11) is 0. The van der Waals surface area contributed by atoms with Gasteiger partial charge in [0.1, 0.15) is 17.2 Å². The maximum atomic E-state index is 12.8. The van der Waals surface area contributed by atoms with Crippen LogP contribution in [0.4, 0.5) is 5.69 Å². The van der Waals surface area contributed by atoms with Crippen molar-refractivity contribution in [2.45, 2.75) is 13.8 Å². The van der Waals surface area contributed by atoms with Crippen molar-refractivity contribution in [3.63, 3.8) is 0 Å². The highest BCUT2D eigenvalue weighted by molar-refractivity contribution is 7.80. The van der Waals surface area contributed by atoms with E-state index in [1.54, 1.807) is 6.08 Å². The third kappa shape index (κ3) is 3.70. The van der Waals surface area contributed by atoms with Gasteiger partial charge in [-0.2, -0.15) is 0 Å². The number of hydrogen-bond acceptors (Lipinski definition) is 4. The second-order valence-corrected chi connectivity index (χ2v) is 5.91. The minimum atomic E-state index is -0.203. The van der Waals surface area contributed by atoms with Crippen LogP contribution in [0.5, 0.6) is 11.5 Å². The van der Waals surface area contributed by atoms with Crippen molar-refractivity contribution in [1.82, 2.24) is 5.32 Å². The van der Waals surface area contributed by atoms with E-state index in [2.05, 4.69) is 5.32 Å². The summed E-state index contributed by atoms with van der Waals surface area (Å²) in [4.78, 5) is 14.3. The van der Waals surface area contributed by atoms with Gasteiger partial charge in [0.2, 0.25) is 0 Å². The maximum Gasteiger partial charge on any atom is 0.281 e. The highest BCUT2D eigenvalue weighted by Gasteiger charge is 2.32. The van der Waals surface area contributed by atoms with E-state index in [9.17, 15) is 4.79 Å². The van der Waals surface area contributed by atoms with E-state index in [1.165, 1.54) is 4.90 Å². The average molecular weight is 368 g/mol. The average Bonchev–Trinajstić information content (AvgIpc) is 2.92. The Labute approximate surface area is 158 Å². The minimum Gasteiger partial charge on any atom is -0.494 e. The van der Waals surface area contributed by atoms with E-state index in [-0.39, 0.29) is 5.91 Å². The van der Waals surface area contributed by atoms with Crippen molar-refractivity contribution in [2.24, 2.45) is 0 Å². The Morgan fingerprint density at radius 2 is 1.73 bits per heavy atom. The van der Waals surface area contributed by atoms with Gasteiger partial charge in [-0.25, -0.2) is 0 Å². The Hall–Kier alpha value is -2.86. The van der Waals surface area contributed by atoms with E-state index >= 15 is 0 Å². The molecule has 5 nitrogen and oxygen atoms in total. The number of anilines is 1. The summed E-state index contributed by atoms with van der Waals surface area (Å²) in [6.45, 7) is 4.99. The van der Waals surface area contributed by atoms with Gasteiger partial charge in [-0.1, -0.05) is 18.2 Å². The predicted molar refractivity (Wildman–Crippen MR) is 106 cm³/mol. The van der Waals surface area contributed by atoms with Crippen LogP contribution in [-0.4, -0.2) is 24.2 Å². The Morgan fingerprint density at radius 1 is 1.04 bits per heavy atom. The first-order valence-electron chi connectivity index (χ1n) is 8.45. The number of nitrogens with zero attached hydrogens (tertiary/aromatic N) is 1. The van der Waals surface area contributed by atoms with Gasteiger partial charge >= 0.3 is 0 Å². The monoisotopic (exact) mass is 368 g/mol. The van der Waals surface area contributed by atoms with Crippen molar-refractivity contribution in [2.75, 3.05) is 18.1 Å². The molecule has 1 amide bonds. The maximum absolute atomic E-state index is 12.8. The Morgan fingerprint density at radius 3 is 2.42 bits per heavy atom.